The molecule has 1 saturated carbocycles. The van der Waals surface area contributed by atoms with E-state index in [9.17, 15) is 9.59 Å². The highest BCUT2D eigenvalue weighted by Crippen LogP contribution is 2.32. The van der Waals surface area contributed by atoms with Crippen LogP contribution in [0.25, 0.3) is 0 Å². The molecule has 15 heavy (non-hydrogen) atoms. The molecule has 5 heteroatoms. The lowest BCUT2D eigenvalue weighted by atomic mass is 10.1. The molecule has 3 N–H and O–H groups in total. The lowest BCUT2D eigenvalue weighted by Crippen LogP contribution is -2.49. The highest BCUT2D eigenvalue weighted by Gasteiger charge is 2.38. The van der Waals surface area contributed by atoms with Gasteiger partial charge in [0, 0.05) is 0 Å². The summed E-state index contributed by atoms with van der Waals surface area (Å²) in [7, 11) is 0. The molecule has 1 aliphatic heterocycles. The molecule has 1 aliphatic carbocycles. The van der Waals surface area contributed by atoms with Gasteiger partial charge in [0.15, 0.2) is 0 Å². The normalized spacial score (nSPS) is 27.3. The van der Waals surface area contributed by atoms with E-state index in [2.05, 4.69) is 10.6 Å². The maximum absolute atomic E-state index is 11.7. The predicted molar refractivity (Wildman–Crippen MR) is 53.3 cm³/mol. The largest absolute Gasteiger partial charge is 0.480 e. The zero-order chi connectivity index (χ0) is 10.8. The summed E-state index contributed by atoms with van der Waals surface area (Å²) in [6.45, 7) is 0.846. The van der Waals surface area contributed by atoms with E-state index in [0.29, 0.717) is 0 Å². The Bertz CT molecular complexity index is 270. The molecular formula is C10H16N2O3. The van der Waals surface area contributed by atoms with E-state index in [1.807, 2.05) is 0 Å². The Morgan fingerprint density at radius 2 is 2.07 bits per heavy atom. The number of rotatable bonds is 4. The molecule has 1 saturated heterocycles. The number of hydrogen-bond acceptors (Lipinski definition) is 3. The SMILES string of the molecule is O=C(O)C(NC(=O)[C@@H]1CCCN1)C1CC1. The van der Waals surface area contributed by atoms with Crippen molar-refractivity contribution in [3.63, 3.8) is 0 Å². The summed E-state index contributed by atoms with van der Waals surface area (Å²) in [5.74, 6) is -0.927. The predicted octanol–water partition coefficient (Wildman–Crippen LogP) is -0.282. The van der Waals surface area contributed by atoms with E-state index in [1.165, 1.54) is 0 Å². The number of carbonyl (C=O) groups excluding carboxylic acids is 1. The minimum atomic E-state index is -0.913. The number of nitrogens with one attached hydrogen (secondary N) is 2. The van der Waals surface area contributed by atoms with Crippen LogP contribution in [0, 0.1) is 5.92 Å². The first-order chi connectivity index (χ1) is 7.18. The van der Waals surface area contributed by atoms with Gasteiger partial charge in [-0.1, -0.05) is 0 Å². The summed E-state index contributed by atoms with van der Waals surface area (Å²) in [6.07, 6.45) is 3.62. The summed E-state index contributed by atoms with van der Waals surface area (Å²) in [6, 6.07) is -0.870. The van der Waals surface area contributed by atoms with Gasteiger partial charge in [-0.2, -0.15) is 0 Å². The number of carbonyl (C=O) groups is 2. The third-order valence-corrected chi connectivity index (χ3v) is 3.03. The smallest absolute Gasteiger partial charge is 0.326 e. The van der Waals surface area contributed by atoms with Crippen molar-refractivity contribution < 1.29 is 14.7 Å². The minimum Gasteiger partial charge on any atom is -0.480 e. The number of hydrogen-bond donors (Lipinski definition) is 3. The van der Waals surface area contributed by atoms with Crippen molar-refractivity contribution in [3.8, 4) is 0 Å². The van der Waals surface area contributed by atoms with Gasteiger partial charge in [0.1, 0.15) is 6.04 Å². The molecule has 2 rings (SSSR count). The average Bonchev–Trinajstić information content (AvgIpc) is 2.87. The first-order valence-corrected chi connectivity index (χ1v) is 5.45. The zero-order valence-electron chi connectivity index (χ0n) is 8.53. The summed E-state index contributed by atoms with van der Waals surface area (Å²) in [4.78, 5) is 22.6. The Labute approximate surface area is 88.2 Å². The first kappa shape index (κ1) is 10.4. The summed E-state index contributed by atoms with van der Waals surface area (Å²) >= 11 is 0. The molecule has 5 nitrogen and oxygen atoms in total. The van der Waals surface area contributed by atoms with Gasteiger partial charge in [-0.15, -0.1) is 0 Å². The average molecular weight is 212 g/mol. The monoisotopic (exact) mass is 212 g/mol. The second kappa shape index (κ2) is 4.18. The maximum atomic E-state index is 11.7. The van der Waals surface area contributed by atoms with Crippen LogP contribution in [-0.4, -0.2) is 35.6 Å². The van der Waals surface area contributed by atoms with Crippen molar-refractivity contribution >= 4 is 11.9 Å². The fourth-order valence-electron chi connectivity index (χ4n) is 1.97. The third kappa shape index (κ3) is 2.47. The Balaban J connectivity index is 1.87. The van der Waals surface area contributed by atoms with Crippen molar-refractivity contribution in [2.24, 2.45) is 5.92 Å². The highest BCUT2D eigenvalue weighted by atomic mass is 16.4. The van der Waals surface area contributed by atoms with Crippen molar-refractivity contribution in [3.05, 3.63) is 0 Å². The Hall–Kier alpha value is -1.10. The van der Waals surface area contributed by atoms with Gasteiger partial charge in [0.25, 0.3) is 0 Å². The summed E-state index contributed by atoms with van der Waals surface area (Å²) in [5, 5.41) is 14.6. The molecule has 2 fully saturated rings. The van der Waals surface area contributed by atoms with Crippen LogP contribution in [0.1, 0.15) is 25.7 Å². The Morgan fingerprint density at radius 3 is 2.53 bits per heavy atom. The van der Waals surface area contributed by atoms with E-state index in [4.69, 9.17) is 5.11 Å². The molecule has 1 amide bonds. The van der Waals surface area contributed by atoms with E-state index < -0.39 is 12.0 Å². The van der Waals surface area contributed by atoms with Gasteiger partial charge in [-0.3, -0.25) is 4.79 Å². The topological polar surface area (TPSA) is 78.4 Å². The molecule has 0 aromatic rings. The standard InChI is InChI=1S/C10H16N2O3/c13-9(7-2-1-5-11-7)12-8(10(14)15)6-3-4-6/h6-8,11H,1-5H2,(H,12,13)(H,14,15)/t7-,8?/m0/s1. The molecule has 2 aliphatic rings. The van der Waals surface area contributed by atoms with E-state index in [1.54, 1.807) is 0 Å². The van der Waals surface area contributed by atoms with E-state index in [-0.39, 0.29) is 17.9 Å². The first-order valence-electron chi connectivity index (χ1n) is 5.45. The molecule has 0 aromatic carbocycles. The van der Waals surface area contributed by atoms with Crippen LogP contribution in [-0.2, 0) is 9.59 Å². The number of carboxylic acids is 1. The van der Waals surface area contributed by atoms with Crippen LogP contribution in [0.15, 0.2) is 0 Å². The summed E-state index contributed by atoms with van der Waals surface area (Å²) < 4.78 is 0. The van der Waals surface area contributed by atoms with Crippen molar-refractivity contribution in [1.29, 1.82) is 0 Å². The fraction of sp³-hybridized carbons (Fsp3) is 0.800. The Kier molecular flexibility index (Phi) is 2.90. The molecule has 0 radical (unpaired) electrons. The molecule has 84 valence electrons. The van der Waals surface area contributed by atoms with E-state index in [0.717, 1.165) is 32.2 Å². The van der Waals surface area contributed by atoms with Crippen molar-refractivity contribution in [1.82, 2.24) is 10.6 Å². The highest BCUT2D eigenvalue weighted by molar-refractivity contribution is 5.87. The second-order valence-corrected chi connectivity index (χ2v) is 4.31. The van der Waals surface area contributed by atoms with Gasteiger partial charge >= 0.3 is 5.97 Å². The molecule has 0 bridgehead atoms. The van der Waals surface area contributed by atoms with Crippen LogP contribution in [0.5, 0.6) is 0 Å². The third-order valence-electron chi connectivity index (χ3n) is 3.03. The van der Waals surface area contributed by atoms with Gasteiger partial charge in [-0.25, -0.2) is 4.79 Å². The van der Waals surface area contributed by atoms with Crippen LogP contribution in [0.4, 0.5) is 0 Å². The summed E-state index contributed by atoms with van der Waals surface area (Å²) in [5.41, 5.74) is 0. The van der Waals surface area contributed by atoms with Crippen LogP contribution < -0.4 is 10.6 Å². The van der Waals surface area contributed by atoms with Crippen molar-refractivity contribution in [2.45, 2.75) is 37.8 Å². The molecule has 0 spiro atoms. The number of carboxylic acid groups (broad SMARTS) is 1. The van der Waals surface area contributed by atoms with Gasteiger partial charge in [0.05, 0.1) is 6.04 Å². The molecule has 1 unspecified atom stereocenters. The zero-order valence-corrected chi connectivity index (χ0v) is 8.53. The van der Waals surface area contributed by atoms with E-state index >= 15 is 0 Å². The lowest BCUT2D eigenvalue weighted by Gasteiger charge is -2.16. The lowest BCUT2D eigenvalue weighted by molar-refractivity contribution is -0.142. The quantitative estimate of drug-likeness (QED) is 0.599. The Morgan fingerprint density at radius 1 is 1.33 bits per heavy atom. The fourth-order valence-corrected chi connectivity index (χ4v) is 1.97. The maximum Gasteiger partial charge on any atom is 0.326 e. The van der Waals surface area contributed by atoms with Crippen LogP contribution >= 0.6 is 0 Å². The van der Waals surface area contributed by atoms with Gasteiger partial charge < -0.3 is 15.7 Å². The van der Waals surface area contributed by atoms with Crippen LogP contribution in [0.3, 0.4) is 0 Å². The van der Waals surface area contributed by atoms with Crippen molar-refractivity contribution in [2.75, 3.05) is 6.54 Å². The molecular weight excluding hydrogens is 196 g/mol. The molecule has 1 heterocycles. The number of aliphatic carboxylic acids is 1. The van der Waals surface area contributed by atoms with Gasteiger partial charge in [-0.05, 0) is 38.1 Å². The molecule has 0 aromatic heterocycles. The second-order valence-electron chi connectivity index (χ2n) is 4.31. The molecule has 2 atom stereocenters. The number of amides is 1. The van der Waals surface area contributed by atoms with Gasteiger partial charge in [0.2, 0.25) is 5.91 Å². The van der Waals surface area contributed by atoms with Crippen LogP contribution in [0.2, 0.25) is 0 Å². The minimum absolute atomic E-state index is 0.146.